The van der Waals surface area contributed by atoms with Gasteiger partial charge in [-0.3, -0.25) is 5.32 Å². The van der Waals surface area contributed by atoms with Gasteiger partial charge in [0, 0.05) is 0 Å². The first kappa shape index (κ1) is 18.4. The molecule has 10 nitrogen and oxygen atoms in total. The van der Waals surface area contributed by atoms with Gasteiger partial charge in [0.05, 0.1) is 14.2 Å². The van der Waals surface area contributed by atoms with E-state index < -0.39 is 16.1 Å². The maximum atomic E-state index is 12.4. The lowest BCUT2D eigenvalue weighted by molar-refractivity contribution is 0.256. The lowest BCUT2D eigenvalue weighted by Gasteiger charge is -2.13. The Morgan fingerprint density at radius 3 is 2.44 bits per heavy atom. The minimum absolute atomic E-state index is 0.00832. The van der Waals surface area contributed by atoms with Crippen molar-refractivity contribution in [3.63, 3.8) is 0 Å². The Labute approximate surface area is 144 Å². The molecule has 0 fully saturated rings. The molecule has 0 unspecified atom stereocenters. The van der Waals surface area contributed by atoms with Crippen molar-refractivity contribution in [1.82, 2.24) is 19.7 Å². The molecule has 1 heterocycles. The third kappa shape index (κ3) is 4.32. The summed E-state index contributed by atoms with van der Waals surface area (Å²) in [5.74, 6) is 0.305. The number of para-hydroxylation sites is 1. The Balaban J connectivity index is 2.23. The van der Waals surface area contributed by atoms with Crippen LogP contribution in [0.1, 0.15) is 11.4 Å². The Bertz CT molecular complexity index is 900. The van der Waals surface area contributed by atoms with Crippen molar-refractivity contribution >= 4 is 22.0 Å². The van der Waals surface area contributed by atoms with Gasteiger partial charge in [0.25, 0.3) is 10.0 Å². The number of hydrogen-bond donors (Lipinski definition) is 2. The number of rotatable bonds is 5. The monoisotopic (exact) mass is 367 g/mol. The summed E-state index contributed by atoms with van der Waals surface area (Å²) in [6.07, 6.45) is 0. The average molecular weight is 367 g/mol. The number of aryl methyl sites for hydroxylation is 2. The lowest BCUT2D eigenvalue weighted by atomic mass is 10.2. The number of urea groups is 1. The van der Waals surface area contributed by atoms with Gasteiger partial charge in [-0.2, -0.15) is 15.0 Å². The number of anilines is 1. The Morgan fingerprint density at radius 2 is 1.80 bits per heavy atom. The van der Waals surface area contributed by atoms with Crippen molar-refractivity contribution in [2.75, 3.05) is 19.5 Å². The molecule has 134 valence electrons. The second-order valence-electron chi connectivity index (χ2n) is 4.86. The highest BCUT2D eigenvalue weighted by molar-refractivity contribution is 7.90. The van der Waals surface area contributed by atoms with Gasteiger partial charge in [-0.25, -0.2) is 17.9 Å². The highest BCUT2D eigenvalue weighted by Crippen LogP contribution is 2.27. The van der Waals surface area contributed by atoms with Crippen LogP contribution in [0.3, 0.4) is 0 Å². The molecule has 0 radical (unpaired) electrons. The molecule has 2 aromatic rings. The van der Waals surface area contributed by atoms with E-state index in [0.29, 0.717) is 11.4 Å². The van der Waals surface area contributed by atoms with E-state index in [0.717, 1.165) is 0 Å². The van der Waals surface area contributed by atoms with Crippen molar-refractivity contribution in [2.24, 2.45) is 0 Å². The summed E-state index contributed by atoms with van der Waals surface area (Å²) >= 11 is 0. The van der Waals surface area contributed by atoms with Crippen LogP contribution in [0.25, 0.3) is 0 Å². The SMILES string of the molecule is COc1nc(C)nc(NC(=O)NS(=O)(=O)c2cccc(C)c2OC)n1. The molecule has 2 rings (SSSR count). The molecule has 0 aliphatic heterocycles. The summed E-state index contributed by atoms with van der Waals surface area (Å²) in [6, 6.07) is 3.53. The van der Waals surface area contributed by atoms with Crippen molar-refractivity contribution in [3.8, 4) is 11.8 Å². The van der Waals surface area contributed by atoms with Crippen molar-refractivity contribution in [1.29, 1.82) is 0 Å². The first-order valence-electron chi connectivity index (χ1n) is 7.01. The zero-order valence-electron chi connectivity index (χ0n) is 14.0. The van der Waals surface area contributed by atoms with Crippen LogP contribution in [0.5, 0.6) is 11.8 Å². The number of methoxy groups -OCH3 is 2. The normalized spacial score (nSPS) is 10.9. The molecule has 1 aromatic heterocycles. The zero-order valence-corrected chi connectivity index (χ0v) is 14.8. The summed E-state index contributed by atoms with van der Waals surface area (Å²) < 4.78 is 36.7. The minimum Gasteiger partial charge on any atom is -0.495 e. The minimum atomic E-state index is -4.16. The van der Waals surface area contributed by atoms with Crippen LogP contribution in [0.2, 0.25) is 0 Å². The molecular formula is C14H17N5O5S. The standard InChI is InChI=1S/C14H17N5O5S/c1-8-6-5-7-10(11(8)23-3)25(21,22)19-13(20)17-12-15-9(2)16-14(18-12)24-4/h5-7H,1-4H3,(H2,15,16,17,18,19,20). The van der Waals surface area contributed by atoms with Gasteiger partial charge in [-0.1, -0.05) is 12.1 Å². The van der Waals surface area contributed by atoms with Crippen LogP contribution in [-0.2, 0) is 10.0 Å². The molecular weight excluding hydrogens is 350 g/mol. The van der Waals surface area contributed by atoms with Crippen LogP contribution >= 0.6 is 0 Å². The van der Waals surface area contributed by atoms with E-state index in [1.165, 1.54) is 20.3 Å². The van der Waals surface area contributed by atoms with Crippen LogP contribution < -0.4 is 19.5 Å². The number of carbonyl (C=O) groups excluding carboxylic acids is 1. The number of sulfonamides is 1. The summed E-state index contributed by atoms with van der Waals surface area (Å²) in [6.45, 7) is 3.26. The molecule has 0 aliphatic rings. The van der Waals surface area contributed by atoms with Crippen LogP contribution in [0.15, 0.2) is 23.1 Å². The molecule has 2 N–H and O–H groups in total. The third-order valence-corrected chi connectivity index (χ3v) is 4.39. The number of benzene rings is 1. The summed E-state index contributed by atoms with van der Waals surface area (Å²) in [4.78, 5) is 23.4. The van der Waals surface area contributed by atoms with E-state index in [1.54, 1.807) is 26.0 Å². The Kier molecular flexibility index (Phi) is 5.37. The number of carbonyl (C=O) groups is 1. The third-order valence-electron chi connectivity index (χ3n) is 3.03. The van der Waals surface area contributed by atoms with Gasteiger partial charge < -0.3 is 9.47 Å². The predicted molar refractivity (Wildman–Crippen MR) is 88.2 cm³/mol. The van der Waals surface area contributed by atoms with E-state index >= 15 is 0 Å². The predicted octanol–water partition coefficient (Wildman–Crippen LogP) is 1.02. The number of nitrogens with one attached hydrogen (secondary N) is 2. The van der Waals surface area contributed by atoms with E-state index in [9.17, 15) is 13.2 Å². The van der Waals surface area contributed by atoms with Gasteiger partial charge in [-0.15, -0.1) is 0 Å². The molecule has 1 aromatic carbocycles. The van der Waals surface area contributed by atoms with Crippen LogP contribution in [0.4, 0.5) is 10.7 Å². The van der Waals surface area contributed by atoms with E-state index in [4.69, 9.17) is 9.47 Å². The van der Waals surface area contributed by atoms with Gasteiger partial charge in [0.1, 0.15) is 16.5 Å². The van der Waals surface area contributed by atoms with Gasteiger partial charge in [0.2, 0.25) is 5.95 Å². The van der Waals surface area contributed by atoms with Gasteiger partial charge in [-0.05, 0) is 25.5 Å². The first-order valence-corrected chi connectivity index (χ1v) is 8.49. The highest BCUT2D eigenvalue weighted by atomic mass is 32.2. The Hall–Kier alpha value is -2.95. The lowest BCUT2D eigenvalue weighted by Crippen LogP contribution is -2.35. The fourth-order valence-corrected chi connectivity index (χ4v) is 3.16. The van der Waals surface area contributed by atoms with Crippen molar-refractivity contribution < 1.29 is 22.7 Å². The second-order valence-corrected chi connectivity index (χ2v) is 6.51. The maximum Gasteiger partial charge on any atom is 0.335 e. The van der Waals surface area contributed by atoms with Crippen molar-refractivity contribution in [3.05, 3.63) is 29.6 Å². The van der Waals surface area contributed by atoms with E-state index in [2.05, 4.69) is 20.3 Å². The fourth-order valence-electron chi connectivity index (χ4n) is 2.01. The summed E-state index contributed by atoms with van der Waals surface area (Å²) in [7, 11) is -1.46. The first-order chi connectivity index (χ1) is 11.8. The molecule has 11 heteroatoms. The quantitative estimate of drug-likeness (QED) is 0.800. The van der Waals surface area contributed by atoms with Crippen LogP contribution in [0, 0.1) is 13.8 Å². The van der Waals surface area contributed by atoms with Crippen molar-refractivity contribution in [2.45, 2.75) is 18.7 Å². The number of hydrogen-bond acceptors (Lipinski definition) is 8. The molecule has 25 heavy (non-hydrogen) atoms. The maximum absolute atomic E-state index is 12.4. The molecule has 0 aliphatic carbocycles. The number of amides is 2. The van der Waals surface area contributed by atoms with Crippen LogP contribution in [-0.4, -0.2) is 43.6 Å². The molecule has 0 atom stereocenters. The summed E-state index contributed by atoms with van der Waals surface area (Å²) in [5.41, 5.74) is 0.614. The Morgan fingerprint density at radius 1 is 1.08 bits per heavy atom. The molecule has 0 saturated carbocycles. The average Bonchev–Trinajstić information content (AvgIpc) is 2.53. The smallest absolute Gasteiger partial charge is 0.335 e. The zero-order chi connectivity index (χ0) is 18.6. The number of ether oxygens (including phenoxy) is 2. The highest BCUT2D eigenvalue weighted by Gasteiger charge is 2.23. The molecule has 0 spiro atoms. The second kappa shape index (κ2) is 7.30. The number of nitrogens with zero attached hydrogens (tertiary/aromatic N) is 3. The van der Waals surface area contributed by atoms with E-state index in [1.807, 2.05) is 4.72 Å². The molecule has 2 amide bonds. The fraction of sp³-hybridized carbons (Fsp3) is 0.286. The molecule has 0 bridgehead atoms. The summed E-state index contributed by atoms with van der Waals surface area (Å²) in [5, 5.41) is 2.22. The van der Waals surface area contributed by atoms with Gasteiger partial charge >= 0.3 is 12.0 Å². The number of aromatic nitrogens is 3. The van der Waals surface area contributed by atoms with Gasteiger partial charge in [0.15, 0.2) is 0 Å². The largest absolute Gasteiger partial charge is 0.495 e. The molecule has 0 saturated heterocycles. The van der Waals surface area contributed by atoms with E-state index in [-0.39, 0.29) is 22.6 Å². The topological polar surface area (TPSA) is 132 Å².